The van der Waals surface area contributed by atoms with Gasteiger partial charge in [0.2, 0.25) is 0 Å². The minimum Gasteiger partial charge on any atom is -0.361 e. The number of nitrogens with one attached hydrogen (secondary N) is 2. The van der Waals surface area contributed by atoms with Gasteiger partial charge in [-0.3, -0.25) is 14.9 Å². The number of hydrogen-bond acceptors (Lipinski definition) is 4. The molecule has 25 heavy (non-hydrogen) atoms. The van der Waals surface area contributed by atoms with E-state index in [1.165, 1.54) is 0 Å². The largest absolute Gasteiger partial charge is 0.361 e. The van der Waals surface area contributed by atoms with E-state index in [2.05, 4.69) is 27.4 Å². The monoisotopic (exact) mass is 333 g/mol. The molecule has 0 bridgehead atoms. The maximum atomic E-state index is 13.0. The van der Waals surface area contributed by atoms with Crippen LogP contribution in [0.2, 0.25) is 0 Å². The Kier molecular flexibility index (Phi) is 3.93. The average Bonchev–Trinajstić information content (AvgIpc) is 3.14. The number of aromatic amines is 1. The molecule has 1 aliphatic heterocycles. The molecule has 1 unspecified atom stereocenters. The highest BCUT2D eigenvalue weighted by Crippen LogP contribution is 2.36. The molecule has 0 spiro atoms. The third-order valence-corrected chi connectivity index (χ3v) is 4.40. The van der Waals surface area contributed by atoms with Gasteiger partial charge in [0.15, 0.2) is 0 Å². The Labute approximate surface area is 145 Å². The van der Waals surface area contributed by atoms with Gasteiger partial charge in [-0.05, 0) is 30.7 Å². The van der Waals surface area contributed by atoms with E-state index in [1.807, 2.05) is 41.3 Å². The number of anilines is 1. The normalized spacial score (nSPS) is 16.4. The third-order valence-electron chi connectivity index (χ3n) is 4.40. The van der Waals surface area contributed by atoms with E-state index < -0.39 is 0 Å². The highest BCUT2D eigenvalue weighted by atomic mass is 16.2. The van der Waals surface area contributed by atoms with Gasteiger partial charge < -0.3 is 10.2 Å². The molecular weight excluding hydrogens is 314 g/mol. The van der Waals surface area contributed by atoms with E-state index in [-0.39, 0.29) is 12.1 Å². The molecule has 0 radical (unpaired) electrons. The zero-order valence-electron chi connectivity index (χ0n) is 13.9. The van der Waals surface area contributed by atoms with Crippen molar-refractivity contribution in [1.82, 2.24) is 20.1 Å². The van der Waals surface area contributed by atoms with Crippen LogP contribution < -0.4 is 5.32 Å². The van der Waals surface area contributed by atoms with Crippen LogP contribution in [0, 0.1) is 0 Å². The number of carbonyl (C=O) groups is 1. The van der Waals surface area contributed by atoms with Crippen LogP contribution in [0.25, 0.3) is 11.3 Å². The molecule has 0 saturated heterocycles. The molecule has 2 aromatic heterocycles. The maximum Gasteiger partial charge on any atom is 0.257 e. The smallest absolute Gasteiger partial charge is 0.257 e. The van der Waals surface area contributed by atoms with Crippen molar-refractivity contribution in [2.75, 3.05) is 11.9 Å². The summed E-state index contributed by atoms with van der Waals surface area (Å²) in [4.78, 5) is 19.1. The molecule has 3 heterocycles. The predicted molar refractivity (Wildman–Crippen MR) is 96.0 cm³/mol. The fourth-order valence-corrected chi connectivity index (χ4v) is 3.25. The van der Waals surface area contributed by atoms with E-state index in [4.69, 9.17) is 0 Å². The first-order valence-corrected chi connectivity index (χ1v) is 8.39. The van der Waals surface area contributed by atoms with Gasteiger partial charge >= 0.3 is 0 Å². The van der Waals surface area contributed by atoms with Crippen LogP contribution in [0.4, 0.5) is 5.69 Å². The minimum absolute atomic E-state index is 0.0412. The number of hydrogen-bond donors (Lipinski definition) is 2. The number of aromatic nitrogens is 3. The van der Waals surface area contributed by atoms with Gasteiger partial charge in [-0.25, -0.2) is 0 Å². The number of benzene rings is 1. The third kappa shape index (κ3) is 2.65. The van der Waals surface area contributed by atoms with Crippen LogP contribution in [0.3, 0.4) is 0 Å². The summed E-state index contributed by atoms with van der Waals surface area (Å²) in [5.74, 6) is 0.0412. The molecule has 0 fully saturated rings. The highest BCUT2D eigenvalue weighted by Gasteiger charge is 2.34. The molecule has 126 valence electrons. The summed E-state index contributed by atoms with van der Waals surface area (Å²) in [6.07, 6.45) is 5.92. The summed E-state index contributed by atoms with van der Waals surface area (Å²) in [6, 6.07) is 11.5. The number of fused-ring (bicyclic) bond motifs is 1. The van der Waals surface area contributed by atoms with Gasteiger partial charge in [0, 0.05) is 35.8 Å². The summed E-state index contributed by atoms with van der Waals surface area (Å²) in [7, 11) is 0. The second kappa shape index (κ2) is 6.39. The van der Waals surface area contributed by atoms with Crippen LogP contribution in [0.1, 0.15) is 35.4 Å². The van der Waals surface area contributed by atoms with Crippen molar-refractivity contribution in [2.24, 2.45) is 0 Å². The fourth-order valence-electron chi connectivity index (χ4n) is 3.25. The van der Waals surface area contributed by atoms with Crippen LogP contribution >= 0.6 is 0 Å². The quantitative estimate of drug-likeness (QED) is 0.767. The number of carbonyl (C=O) groups excluding carboxylic acids is 1. The number of rotatable bonds is 4. The van der Waals surface area contributed by atoms with E-state index >= 15 is 0 Å². The molecule has 2 N–H and O–H groups in total. The van der Waals surface area contributed by atoms with Crippen molar-refractivity contribution in [3.63, 3.8) is 0 Å². The number of para-hydroxylation sites is 1. The molecule has 6 nitrogen and oxygen atoms in total. The maximum absolute atomic E-state index is 13.0. The van der Waals surface area contributed by atoms with Crippen LogP contribution in [0.15, 0.2) is 55.0 Å². The van der Waals surface area contributed by atoms with Crippen molar-refractivity contribution >= 4 is 11.6 Å². The molecular formula is C19H19N5O. The zero-order chi connectivity index (χ0) is 17.2. The molecule has 4 rings (SSSR count). The lowest BCUT2D eigenvalue weighted by molar-refractivity contribution is 0.0684. The van der Waals surface area contributed by atoms with E-state index in [0.29, 0.717) is 12.1 Å². The van der Waals surface area contributed by atoms with Gasteiger partial charge in [-0.1, -0.05) is 19.1 Å². The van der Waals surface area contributed by atoms with Gasteiger partial charge in [0.05, 0.1) is 17.5 Å². The van der Waals surface area contributed by atoms with Crippen molar-refractivity contribution in [3.8, 4) is 11.3 Å². The number of nitrogens with zero attached hydrogens (tertiary/aromatic N) is 3. The summed E-state index contributed by atoms with van der Waals surface area (Å²) in [5, 5.41) is 10.8. The van der Waals surface area contributed by atoms with Crippen LogP contribution in [0.5, 0.6) is 0 Å². The molecule has 0 aliphatic carbocycles. The van der Waals surface area contributed by atoms with Gasteiger partial charge in [-0.2, -0.15) is 5.10 Å². The van der Waals surface area contributed by atoms with Crippen molar-refractivity contribution < 1.29 is 4.79 Å². The Morgan fingerprint density at radius 3 is 2.84 bits per heavy atom. The Morgan fingerprint density at radius 2 is 2.04 bits per heavy atom. The number of amides is 1. The first-order valence-electron chi connectivity index (χ1n) is 8.39. The van der Waals surface area contributed by atoms with Crippen molar-refractivity contribution in [3.05, 3.63) is 66.1 Å². The standard InChI is InChI=1S/C19H19N5O/c1-2-10-24-18(22-16-8-4-3-7-14(16)19(24)25)15-12-21-23-17(15)13-6-5-9-20-11-13/h3-9,11-12,18,22H,2,10H2,1H3,(H,21,23). The molecule has 3 aromatic rings. The van der Waals surface area contributed by atoms with Crippen LogP contribution in [-0.2, 0) is 0 Å². The van der Waals surface area contributed by atoms with Crippen molar-refractivity contribution in [1.29, 1.82) is 0 Å². The topological polar surface area (TPSA) is 73.9 Å². The first-order chi connectivity index (χ1) is 12.3. The summed E-state index contributed by atoms with van der Waals surface area (Å²) >= 11 is 0. The Balaban J connectivity index is 1.80. The lowest BCUT2D eigenvalue weighted by Gasteiger charge is -2.37. The second-order valence-electron chi connectivity index (χ2n) is 6.03. The zero-order valence-corrected chi connectivity index (χ0v) is 13.9. The molecule has 1 aliphatic rings. The Bertz CT molecular complexity index is 890. The van der Waals surface area contributed by atoms with Gasteiger partial charge in [0.1, 0.15) is 6.17 Å². The molecule has 1 amide bonds. The lowest BCUT2D eigenvalue weighted by Crippen LogP contribution is -2.43. The Hall–Kier alpha value is -3.15. The number of pyridine rings is 1. The van der Waals surface area contributed by atoms with Gasteiger partial charge in [-0.15, -0.1) is 0 Å². The predicted octanol–water partition coefficient (Wildman–Crippen LogP) is 3.45. The van der Waals surface area contributed by atoms with Crippen LogP contribution in [-0.4, -0.2) is 32.5 Å². The van der Waals surface area contributed by atoms with E-state index in [9.17, 15) is 4.79 Å². The molecule has 1 aromatic carbocycles. The second-order valence-corrected chi connectivity index (χ2v) is 6.03. The summed E-state index contributed by atoms with van der Waals surface area (Å²) < 4.78 is 0. The van der Waals surface area contributed by atoms with E-state index in [1.54, 1.807) is 18.6 Å². The van der Waals surface area contributed by atoms with E-state index in [0.717, 1.165) is 28.9 Å². The number of H-pyrrole nitrogens is 1. The SMILES string of the molecule is CCCN1C(=O)c2ccccc2NC1c1cn[nH]c1-c1cccnc1. The average molecular weight is 333 g/mol. The van der Waals surface area contributed by atoms with Gasteiger partial charge in [0.25, 0.3) is 5.91 Å². The first kappa shape index (κ1) is 15.4. The molecule has 0 saturated carbocycles. The minimum atomic E-state index is -0.267. The fraction of sp³-hybridized carbons (Fsp3) is 0.211. The van der Waals surface area contributed by atoms with Crippen molar-refractivity contribution in [2.45, 2.75) is 19.5 Å². The summed E-state index contributed by atoms with van der Waals surface area (Å²) in [5.41, 5.74) is 4.31. The molecule has 1 atom stereocenters. The lowest BCUT2D eigenvalue weighted by atomic mass is 10.0. The summed E-state index contributed by atoms with van der Waals surface area (Å²) in [6.45, 7) is 2.74. The molecule has 6 heteroatoms. The highest BCUT2D eigenvalue weighted by molar-refractivity contribution is 6.01. The Morgan fingerprint density at radius 1 is 1.16 bits per heavy atom.